The summed E-state index contributed by atoms with van der Waals surface area (Å²) in [6.45, 7) is 0.492. The molecule has 1 heterocycles. The van der Waals surface area contributed by atoms with Crippen molar-refractivity contribution in [2.45, 2.75) is 6.54 Å². The van der Waals surface area contributed by atoms with Crippen LogP contribution >= 0.6 is 0 Å². The van der Waals surface area contributed by atoms with E-state index in [0.29, 0.717) is 12.4 Å². The second kappa shape index (κ2) is 4.72. The lowest BCUT2D eigenvalue weighted by atomic mass is 10.2. The lowest BCUT2D eigenvalue weighted by molar-refractivity contribution is 0.622. The Morgan fingerprint density at radius 1 is 1.25 bits per heavy atom. The van der Waals surface area contributed by atoms with Gasteiger partial charge in [0.05, 0.1) is 6.20 Å². The van der Waals surface area contributed by atoms with Crippen LogP contribution in [0.15, 0.2) is 42.6 Å². The quantitative estimate of drug-likeness (QED) is 0.830. The highest BCUT2D eigenvalue weighted by atomic mass is 19.1. The summed E-state index contributed by atoms with van der Waals surface area (Å²) in [5.74, 6) is 0.261. The molecule has 3 nitrogen and oxygen atoms in total. The van der Waals surface area contributed by atoms with Crippen molar-refractivity contribution in [3.8, 4) is 0 Å². The van der Waals surface area contributed by atoms with Gasteiger partial charge in [0, 0.05) is 12.2 Å². The van der Waals surface area contributed by atoms with Gasteiger partial charge in [0.2, 0.25) is 0 Å². The molecule has 1 aromatic heterocycles. The molecule has 0 radical (unpaired) electrons. The van der Waals surface area contributed by atoms with Crippen LogP contribution in [0, 0.1) is 5.82 Å². The average Bonchev–Trinajstić information content (AvgIpc) is 2.32. The van der Waals surface area contributed by atoms with Crippen molar-refractivity contribution in [3.63, 3.8) is 0 Å². The number of halogens is 1. The number of hydrogen-bond donors (Lipinski definition) is 2. The highest BCUT2D eigenvalue weighted by Crippen LogP contribution is 2.15. The standard InChI is InChI=1S/C12H12FN3/c13-10-4-5-12(15-8-10)16-11-3-1-2-9(6-11)7-14/h1-6,8H,7,14H2,(H,15,16). The third-order valence-corrected chi connectivity index (χ3v) is 2.16. The molecular formula is C12H12FN3. The topological polar surface area (TPSA) is 50.9 Å². The fourth-order valence-corrected chi connectivity index (χ4v) is 1.37. The first kappa shape index (κ1) is 10.6. The number of nitrogens with one attached hydrogen (secondary N) is 1. The smallest absolute Gasteiger partial charge is 0.141 e. The van der Waals surface area contributed by atoms with Gasteiger partial charge in [-0.2, -0.15) is 0 Å². The molecule has 2 rings (SSSR count). The number of nitrogens with zero attached hydrogens (tertiary/aromatic N) is 1. The molecule has 0 unspecified atom stereocenters. The van der Waals surface area contributed by atoms with Crippen LogP contribution in [0.1, 0.15) is 5.56 Å². The summed E-state index contributed by atoms with van der Waals surface area (Å²) in [7, 11) is 0. The van der Waals surface area contributed by atoms with E-state index >= 15 is 0 Å². The van der Waals surface area contributed by atoms with E-state index in [4.69, 9.17) is 5.73 Å². The molecule has 0 atom stereocenters. The van der Waals surface area contributed by atoms with Crippen molar-refractivity contribution < 1.29 is 4.39 Å². The molecule has 3 N–H and O–H groups in total. The summed E-state index contributed by atoms with van der Waals surface area (Å²) in [6, 6.07) is 10.7. The Kier molecular flexibility index (Phi) is 3.12. The van der Waals surface area contributed by atoms with E-state index in [-0.39, 0.29) is 5.82 Å². The van der Waals surface area contributed by atoms with Crippen LogP contribution in [0.25, 0.3) is 0 Å². The van der Waals surface area contributed by atoms with Gasteiger partial charge in [0.25, 0.3) is 0 Å². The Hall–Kier alpha value is -1.94. The largest absolute Gasteiger partial charge is 0.340 e. The van der Waals surface area contributed by atoms with Crippen LogP contribution < -0.4 is 11.1 Å². The van der Waals surface area contributed by atoms with E-state index < -0.39 is 0 Å². The first-order chi connectivity index (χ1) is 7.78. The van der Waals surface area contributed by atoms with Crippen LogP contribution in [-0.4, -0.2) is 4.98 Å². The Bertz CT molecular complexity index is 468. The molecular weight excluding hydrogens is 205 g/mol. The molecule has 4 heteroatoms. The molecule has 0 saturated carbocycles. The molecule has 0 spiro atoms. The van der Waals surface area contributed by atoms with E-state index in [9.17, 15) is 4.39 Å². The Labute approximate surface area is 93.1 Å². The van der Waals surface area contributed by atoms with Gasteiger partial charge in [-0.1, -0.05) is 12.1 Å². The number of aromatic nitrogens is 1. The van der Waals surface area contributed by atoms with E-state index in [2.05, 4.69) is 10.3 Å². The summed E-state index contributed by atoms with van der Waals surface area (Å²) in [5, 5.41) is 3.07. The number of nitrogens with two attached hydrogens (primary N) is 1. The molecule has 0 aliphatic heterocycles. The van der Waals surface area contributed by atoms with Crippen LogP contribution in [0.2, 0.25) is 0 Å². The molecule has 0 amide bonds. The number of hydrogen-bond acceptors (Lipinski definition) is 3. The van der Waals surface area contributed by atoms with Gasteiger partial charge in [-0.05, 0) is 29.8 Å². The first-order valence-electron chi connectivity index (χ1n) is 4.95. The summed E-state index contributed by atoms with van der Waals surface area (Å²) >= 11 is 0. The van der Waals surface area contributed by atoms with Gasteiger partial charge in [-0.15, -0.1) is 0 Å². The predicted molar refractivity (Wildman–Crippen MR) is 61.8 cm³/mol. The maximum absolute atomic E-state index is 12.6. The molecule has 16 heavy (non-hydrogen) atoms. The van der Waals surface area contributed by atoms with Crippen molar-refractivity contribution in [2.24, 2.45) is 5.73 Å². The monoisotopic (exact) mass is 217 g/mol. The van der Waals surface area contributed by atoms with Crippen molar-refractivity contribution in [1.29, 1.82) is 0 Å². The normalized spacial score (nSPS) is 10.1. The van der Waals surface area contributed by atoms with Gasteiger partial charge in [0.1, 0.15) is 11.6 Å². The van der Waals surface area contributed by atoms with E-state index in [1.807, 2.05) is 24.3 Å². The maximum atomic E-state index is 12.6. The number of pyridine rings is 1. The van der Waals surface area contributed by atoms with Crippen molar-refractivity contribution in [2.75, 3.05) is 5.32 Å². The van der Waals surface area contributed by atoms with Crippen molar-refractivity contribution >= 4 is 11.5 Å². The molecule has 0 bridgehead atoms. The predicted octanol–water partition coefficient (Wildman–Crippen LogP) is 2.42. The minimum Gasteiger partial charge on any atom is -0.340 e. The van der Waals surface area contributed by atoms with E-state index in [1.165, 1.54) is 12.3 Å². The maximum Gasteiger partial charge on any atom is 0.141 e. The highest BCUT2D eigenvalue weighted by molar-refractivity contribution is 5.56. The van der Waals surface area contributed by atoms with Gasteiger partial charge in [-0.3, -0.25) is 0 Å². The minimum absolute atomic E-state index is 0.346. The number of anilines is 2. The van der Waals surface area contributed by atoms with Crippen LogP contribution in [0.4, 0.5) is 15.9 Å². The van der Waals surface area contributed by atoms with Gasteiger partial charge < -0.3 is 11.1 Å². The third kappa shape index (κ3) is 2.55. The van der Waals surface area contributed by atoms with Crippen molar-refractivity contribution in [3.05, 3.63) is 54.0 Å². The lowest BCUT2D eigenvalue weighted by Crippen LogP contribution is -1.98. The molecule has 82 valence electrons. The summed E-state index contributed by atoms with van der Waals surface area (Å²) in [5.41, 5.74) is 7.46. The van der Waals surface area contributed by atoms with Crippen LogP contribution in [0.3, 0.4) is 0 Å². The van der Waals surface area contributed by atoms with Crippen LogP contribution in [-0.2, 0) is 6.54 Å². The molecule has 2 aromatic rings. The zero-order valence-corrected chi connectivity index (χ0v) is 8.65. The Balaban J connectivity index is 2.16. The Morgan fingerprint density at radius 3 is 2.81 bits per heavy atom. The molecule has 0 aliphatic carbocycles. The summed E-state index contributed by atoms with van der Waals surface area (Å²) in [6.07, 6.45) is 1.18. The summed E-state index contributed by atoms with van der Waals surface area (Å²) < 4.78 is 12.6. The van der Waals surface area contributed by atoms with Crippen LogP contribution in [0.5, 0.6) is 0 Å². The van der Waals surface area contributed by atoms with Gasteiger partial charge in [-0.25, -0.2) is 9.37 Å². The van der Waals surface area contributed by atoms with E-state index in [1.54, 1.807) is 6.07 Å². The third-order valence-electron chi connectivity index (χ3n) is 2.16. The number of rotatable bonds is 3. The van der Waals surface area contributed by atoms with Gasteiger partial charge >= 0.3 is 0 Å². The van der Waals surface area contributed by atoms with Gasteiger partial charge in [0.15, 0.2) is 0 Å². The molecule has 0 saturated heterocycles. The Morgan fingerprint density at radius 2 is 2.12 bits per heavy atom. The SMILES string of the molecule is NCc1cccc(Nc2ccc(F)cn2)c1. The second-order valence-corrected chi connectivity index (χ2v) is 3.39. The minimum atomic E-state index is -0.346. The second-order valence-electron chi connectivity index (χ2n) is 3.39. The molecule has 0 aliphatic rings. The zero-order valence-electron chi connectivity index (χ0n) is 8.65. The fourth-order valence-electron chi connectivity index (χ4n) is 1.37. The zero-order chi connectivity index (χ0) is 11.4. The number of benzene rings is 1. The average molecular weight is 217 g/mol. The van der Waals surface area contributed by atoms with E-state index in [0.717, 1.165) is 11.3 Å². The summed E-state index contributed by atoms with van der Waals surface area (Å²) in [4.78, 5) is 3.91. The highest BCUT2D eigenvalue weighted by Gasteiger charge is 1.97. The first-order valence-corrected chi connectivity index (χ1v) is 4.95. The fraction of sp³-hybridized carbons (Fsp3) is 0.0833. The lowest BCUT2D eigenvalue weighted by Gasteiger charge is -2.06. The molecule has 0 fully saturated rings. The molecule has 1 aromatic carbocycles. The van der Waals surface area contributed by atoms with Crippen molar-refractivity contribution in [1.82, 2.24) is 4.98 Å².